The summed E-state index contributed by atoms with van der Waals surface area (Å²) in [5.41, 5.74) is 0.270. The quantitative estimate of drug-likeness (QED) is 0.670. The van der Waals surface area contributed by atoms with Crippen molar-refractivity contribution in [1.29, 1.82) is 0 Å². The number of ketones is 1. The van der Waals surface area contributed by atoms with Crippen LogP contribution in [-0.4, -0.2) is 16.9 Å². The molecular formula is C10H14O3. The van der Waals surface area contributed by atoms with Crippen LogP contribution in [0.2, 0.25) is 0 Å². The first-order valence-electron chi connectivity index (χ1n) is 4.30. The van der Waals surface area contributed by atoms with Crippen molar-refractivity contribution in [1.82, 2.24) is 0 Å². The lowest BCUT2D eigenvalue weighted by atomic mass is 9.70. The Morgan fingerprint density at radius 2 is 2.15 bits per heavy atom. The number of carbonyl (C=O) groups is 2. The normalized spacial score (nSPS) is 26.8. The number of carbonyl (C=O) groups excluding carboxylic acids is 1. The van der Waals surface area contributed by atoms with Crippen molar-refractivity contribution >= 4 is 11.8 Å². The van der Waals surface area contributed by atoms with Crippen LogP contribution in [0, 0.1) is 11.3 Å². The van der Waals surface area contributed by atoms with Crippen molar-refractivity contribution in [3.63, 3.8) is 0 Å². The van der Waals surface area contributed by atoms with Gasteiger partial charge in [-0.2, -0.15) is 0 Å². The van der Waals surface area contributed by atoms with E-state index in [2.05, 4.69) is 0 Å². The van der Waals surface area contributed by atoms with E-state index in [0.717, 1.165) is 0 Å². The van der Waals surface area contributed by atoms with Gasteiger partial charge in [0.2, 0.25) is 0 Å². The van der Waals surface area contributed by atoms with E-state index in [9.17, 15) is 9.59 Å². The fourth-order valence-corrected chi connectivity index (χ4v) is 1.75. The van der Waals surface area contributed by atoms with Gasteiger partial charge in [-0.3, -0.25) is 9.59 Å². The van der Waals surface area contributed by atoms with Crippen LogP contribution in [0.1, 0.15) is 27.2 Å². The maximum absolute atomic E-state index is 11.3. The molecule has 3 nitrogen and oxygen atoms in total. The fourth-order valence-electron chi connectivity index (χ4n) is 1.75. The van der Waals surface area contributed by atoms with Crippen LogP contribution in [0.4, 0.5) is 0 Å². The molecule has 0 bridgehead atoms. The first-order valence-corrected chi connectivity index (χ1v) is 4.30. The minimum Gasteiger partial charge on any atom is -0.481 e. The lowest BCUT2D eigenvalue weighted by Crippen LogP contribution is -2.35. The predicted octanol–water partition coefficient (Wildman–Crippen LogP) is 1.63. The largest absolute Gasteiger partial charge is 0.481 e. The highest BCUT2D eigenvalue weighted by Gasteiger charge is 2.38. The Kier molecular flexibility index (Phi) is 2.28. The van der Waals surface area contributed by atoms with Gasteiger partial charge in [0.05, 0.1) is 5.92 Å². The van der Waals surface area contributed by atoms with E-state index in [1.54, 1.807) is 13.0 Å². The van der Waals surface area contributed by atoms with Crippen LogP contribution in [0.3, 0.4) is 0 Å². The molecule has 0 unspecified atom stereocenters. The van der Waals surface area contributed by atoms with Crippen LogP contribution >= 0.6 is 0 Å². The summed E-state index contributed by atoms with van der Waals surface area (Å²) in [6, 6.07) is 0. The molecule has 3 heteroatoms. The molecule has 1 rings (SSSR count). The van der Waals surface area contributed by atoms with Gasteiger partial charge in [-0.1, -0.05) is 19.9 Å². The molecule has 0 aromatic heterocycles. The van der Waals surface area contributed by atoms with E-state index in [1.165, 1.54) is 0 Å². The van der Waals surface area contributed by atoms with Gasteiger partial charge < -0.3 is 5.11 Å². The zero-order valence-corrected chi connectivity index (χ0v) is 8.13. The Labute approximate surface area is 77.4 Å². The number of rotatable bonds is 1. The predicted molar refractivity (Wildman–Crippen MR) is 48.3 cm³/mol. The highest BCUT2D eigenvalue weighted by Crippen LogP contribution is 2.37. The Morgan fingerprint density at radius 3 is 2.62 bits per heavy atom. The number of allylic oxidation sites excluding steroid dienone is 2. The number of hydrogen-bond acceptors (Lipinski definition) is 2. The molecule has 1 aliphatic carbocycles. The number of carboxylic acids is 1. The first-order chi connectivity index (χ1) is 5.84. The van der Waals surface area contributed by atoms with Gasteiger partial charge in [0.1, 0.15) is 0 Å². The minimum absolute atomic E-state index is 0.0493. The van der Waals surface area contributed by atoms with Crippen LogP contribution in [0.25, 0.3) is 0 Å². The molecule has 13 heavy (non-hydrogen) atoms. The molecule has 1 atom stereocenters. The molecule has 0 fully saturated rings. The van der Waals surface area contributed by atoms with E-state index in [1.807, 2.05) is 13.8 Å². The summed E-state index contributed by atoms with van der Waals surface area (Å²) in [5, 5.41) is 8.90. The second kappa shape index (κ2) is 2.98. The summed E-state index contributed by atoms with van der Waals surface area (Å²) >= 11 is 0. The van der Waals surface area contributed by atoms with Crippen molar-refractivity contribution in [3.05, 3.63) is 11.6 Å². The maximum Gasteiger partial charge on any atom is 0.307 e. The topological polar surface area (TPSA) is 54.4 Å². The average molecular weight is 182 g/mol. The van der Waals surface area contributed by atoms with E-state index >= 15 is 0 Å². The van der Waals surface area contributed by atoms with Crippen molar-refractivity contribution < 1.29 is 14.7 Å². The van der Waals surface area contributed by atoms with Crippen LogP contribution in [-0.2, 0) is 9.59 Å². The Morgan fingerprint density at radius 1 is 1.62 bits per heavy atom. The van der Waals surface area contributed by atoms with Crippen molar-refractivity contribution in [2.75, 3.05) is 0 Å². The zero-order valence-electron chi connectivity index (χ0n) is 8.13. The third-order valence-electron chi connectivity index (χ3n) is 2.61. The summed E-state index contributed by atoms with van der Waals surface area (Å²) in [4.78, 5) is 22.1. The monoisotopic (exact) mass is 182 g/mol. The smallest absolute Gasteiger partial charge is 0.307 e. The van der Waals surface area contributed by atoms with Crippen molar-refractivity contribution in [2.45, 2.75) is 27.2 Å². The summed E-state index contributed by atoms with van der Waals surface area (Å²) in [7, 11) is 0. The third-order valence-corrected chi connectivity index (χ3v) is 2.61. The van der Waals surface area contributed by atoms with Gasteiger partial charge >= 0.3 is 5.97 Å². The number of hydrogen-bond donors (Lipinski definition) is 1. The van der Waals surface area contributed by atoms with Gasteiger partial charge in [0.15, 0.2) is 5.78 Å². The lowest BCUT2D eigenvalue weighted by molar-refractivity contribution is -0.147. The second-order valence-corrected chi connectivity index (χ2v) is 4.17. The molecule has 0 radical (unpaired) electrons. The Bertz CT molecular complexity index is 287. The van der Waals surface area contributed by atoms with Gasteiger partial charge in [0, 0.05) is 6.42 Å². The van der Waals surface area contributed by atoms with Crippen LogP contribution < -0.4 is 0 Å². The standard InChI is InChI=1S/C10H14O3/c1-6-5-10(2,3)7(9(12)13)4-8(6)11/h5,7H,4H2,1-3H3,(H,12,13)/t7-/m0/s1. The van der Waals surface area contributed by atoms with Gasteiger partial charge in [-0.15, -0.1) is 0 Å². The average Bonchev–Trinajstić information content (AvgIpc) is 1.95. The van der Waals surface area contributed by atoms with Crippen molar-refractivity contribution in [3.8, 4) is 0 Å². The molecule has 0 amide bonds. The van der Waals surface area contributed by atoms with Gasteiger partial charge in [-0.25, -0.2) is 0 Å². The maximum atomic E-state index is 11.3. The highest BCUT2D eigenvalue weighted by molar-refractivity contribution is 5.98. The number of aliphatic carboxylic acids is 1. The zero-order chi connectivity index (χ0) is 10.2. The SMILES string of the molecule is CC1=CC(C)(C)[C@H](C(=O)O)CC1=O. The van der Waals surface area contributed by atoms with E-state index < -0.39 is 17.3 Å². The molecule has 0 aromatic carbocycles. The highest BCUT2D eigenvalue weighted by atomic mass is 16.4. The fraction of sp³-hybridized carbons (Fsp3) is 0.600. The molecule has 0 saturated heterocycles. The molecule has 0 heterocycles. The molecule has 0 spiro atoms. The molecule has 1 aliphatic rings. The van der Waals surface area contributed by atoms with Crippen LogP contribution in [0.15, 0.2) is 11.6 Å². The summed E-state index contributed by atoms with van der Waals surface area (Å²) in [6.45, 7) is 5.44. The summed E-state index contributed by atoms with van der Waals surface area (Å²) in [6.07, 6.45) is 1.89. The van der Waals surface area contributed by atoms with E-state index in [4.69, 9.17) is 5.11 Å². The van der Waals surface area contributed by atoms with Crippen LogP contribution in [0.5, 0.6) is 0 Å². The van der Waals surface area contributed by atoms with Crippen molar-refractivity contribution in [2.24, 2.45) is 11.3 Å². The molecule has 0 aliphatic heterocycles. The Balaban J connectivity index is 3.05. The summed E-state index contributed by atoms with van der Waals surface area (Å²) in [5.74, 6) is -1.52. The molecular weight excluding hydrogens is 168 g/mol. The van der Waals surface area contributed by atoms with Gasteiger partial charge in [-0.05, 0) is 17.9 Å². The molecule has 0 saturated carbocycles. The molecule has 0 aromatic rings. The Hall–Kier alpha value is -1.12. The minimum atomic E-state index is -0.887. The van der Waals surface area contributed by atoms with E-state index in [-0.39, 0.29) is 12.2 Å². The third kappa shape index (κ3) is 1.79. The first kappa shape index (κ1) is 9.96. The van der Waals surface area contributed by atoms with Gasteiger partial charge in [0.25, 0.3) is 0 Å². The molecule has 72 valence electrons. The number of Topliss-reactive ketones (excluding diaryl/α,β-unsaturated/α-hetero) is 1. The second-order valence-electron chi connectivity index (χ2n) is 4.17. The van der Waals surface area contributed by atoms with E-state index in [0.29, 0.717) is 5.57 Å². The lowest BCUT2D eigenvalue weighted by Gasteiger charge is -2.32. The summed E-state index contributed by atoms with van der Waals surface area (Å²) < 4.78 is 0. The molecule has 1 N–H and O–H groups in total. The number of carboxylic acid groups (broad SMARTS) is 1.